The Morgan fingerprint density at radius 2 is 2.12 bits per heavy atom. The summed E-state index contributed by atoms with van der Waals surface area (Å²) in [6.07, 6.45) is 0.200. The minimum absolute atomic E-state index is 0.103. The fraction of sp³-hybridized carbons (Fsp3) is 0.385. The molecule has 17 heavy (non-hydrogen) atoms. The van der Waals surface area contributed by atoms with E-state index in [2.05, 4.69) is 5.32 Å². The first-order valence-electron chi connectivity index (χ1n) is 5.56. The van der Waals surface area contributed by atoms with E-state index in [-0.39, 0.29) is 24.3 Å². The number of amides is 1. The van der Waals surface area contributed by atoms with Gasteiger partial charge in [-0.25, -0.2) is 0 Å². The van der Waals surface area contributed by atoms with Crippen molar-refractivity contribution in [2.45, 2.75) is 19.4 Å². The van der Waals surface area contributed by atoms with Gasteiger partial charge in [-0.1, -0.05) is 24.3 Å². The van der Waals surface area contributed by atoms with Gasteiger partial charge in [-0.15, -0.1) is 0 Å². The molecule has 2 unspecified atom stereocenters. The number of methoxy groups -OCH3 is 1. The van der Waals surface area contributed by atoms with Crippen molar-refractivity contribution in [3.63, 3.8) is 0 Å². The van der Waals surface area contributed by atoms with E-state index in [4.69, 9.17) is 4.74 Å². The summed E-state index contributed by atoms with van der Waals surface area (Å²) in [4.78, 5) is 23.1. The van der Waals surface area contributed by atoms with Crippen LogP contribution in [-0.4, -0.2) is 19.0 Å². The molecule has 0 spiro atoms. The van der Waals surface area contributed by atoms with Crippen LogP contribution in [0.3, 0.4) is 0 Å². The summed E-state index contributed by atoms with van der Waals surface area (Å²) in [6.45, 7) is 1.97. The zero-order chi connectivity index (χ0) is 12.4. The molecule has 1 aromatic carbocycles. The Bertz CT molecular complexity index is 456. The van der Waals surface area contributed by atoms with Gasteiger partial charge in [0.2, 0.25) is 5.91 Å². The van der Waals surface area contributed by atoms with Gasteiger partial charge in [-0.3, -0.25) is 9.59 Å². The van der Waals surface area contributed by atoms with Crippen LogP contribution in [0.15, 0.2) is 24.3 Å². The zero-order valence-corrected chi connectivity index (χ0v) is 9.90. The van der Waals surface area contributed by atoms with E-state index in [1.807, 2.05) is 31.2 Å². The minimum Gasteiger partial charge on any atom is -0.469 e. The Labute approximate surface area is 100.0 Å². The lowest BCUT2D eigenvalue weighted by Gasteiger charge is -2.19. The van der Waals surface area contributed by atoms with Crippen molar-refractivity contribution in [1.29, 1.82) is 0 Å². The molecule has 1 aromatic rings. The molecule has 1 fully saturated rings. The number of rotatable bonds is 2. The average Bonchev–Trinajstić information content (AvgIpc) is 2.71. The highest BCUT2D eigenvalue weighted by Gasteiger charge is 2.39. The molecule has 1 aliphatic heterocycles. The van der Waals surface area contributed by atoms with E-state index >= 15 is 0 Å². The first-order chi connectivity index (χ1) is 8.13. The third-order valence-corrected chi connectivity index (χ3v) is 3.15. The highest BCUT2D eigenvalue weighted by atomic mass is 16.5. The van der Waals surface area contributed by atoms with E-state index in [0.717, 1.165) is 11.1 Å². The number of carbonyl (C=O) groups is 2. The molecule has 2 rings (SSSR count). The van der Waals surface area contributed by atoms with Crippen LogP contribution in [0.25, 0.3) is 0 Å². The molecule has 1 amide bonds. The molecule has 2 atom stereocenters. The number of ether oxygens (including phenoxy) is 1. The fourth-order valence-corrected chi connectivity index (χ4v) is 2.25. The second-order valence-corrected chi connectivity index (χ2v) is 4.24. The maximum absolute atomic E-state index is 11.6. The second kappa shape index (κ2) is 4.57. The maximum atomic E-state index is 11.6. The zero-order valence-electron chi connectivity index (χ0n) is 9.90. The summed E-state index contributed by atoms with van der Waals surface area (Å²) in [6, 6.07) is 7.47. The van der Waals surface area contributed by atoms with Gasteiger partial charge >= 0.3 is 5.97 Å². The van der Waals surface area contributed by atoms with E-state index < -0.39 is 5.92 Å². The number of hydrogen-bond acceptors (Lipinski definition) is 3. The van der Waals surface area contributed by atoms with Crippen LogP contribution >= 0.6 is 0 Å². The molecule has 1 saturated heterocycles. The second-order valence-electron chi connectivity index (χ2n) is 4.24. The first-order valence-corrected chi connectivity index (χ1v) is 5.56. The van der Waals surface area contributed by atoms with Crippen LogP contribution in [0.4, 0.5) is 0 Å². The summed E-state index contributed by atoms with van der Waals surface area (Å²) in [7, 11) is 1.35. The van der Waals surface area contributed by atoms with Gasteiger partial charge in [-0.2, -0.15) is 0 Å². The molecule has 90 valence electrons. The van der Waals surface area contributed by atoms with Crippen molar-refractivity contribution in [3.05, 3.63) is 35.4 Å². The van der Waals surface area contributed by atoms with Crippen LogP contribution in [0, 0.1) is 12.8 Å². The lowest BCUT2D eigenvalue weighted by atomic mass is 9.91. The number of benzene rings is 1. The van der Waals surface area contributed by atoms with Crippen LogP contribution in [-0.2, 0) is 14.3 Å². The number of nitrogens with one attached hydrogen (secondary N) is 1. The predicted octanol–water partition coefficient (Wildman–Crippen LogP) is 1.35. The summed E-state index contributed by atoms with van der Waals surface area (Å²) in [5.74, 6) is -0.862. The van der Waals surface area contributed by atoms with Crippen LogP contribution in [0.1, 0.15) is 23.6 Å². The molecular weight excluding hydrogens is 218 g/mol. The smallest absolute Gasteiger partial charge is 0.311 e. The SMILES string of the molecule is COC(=O)C1CC(=O)NC1c1ccccc1C. The average molecular weight is 233 g/mol. The van der Waals surface area contributed by atoms with Gasteiger partial charge in [0.1, 0.15) is 0 Å². The van der Waals surface area contributed by atoms with Crippen molar-refractivity contribution in [1.82, 2.24) is 5.32 Å². The maximum Gasteiger partial charge on any atom is 0.311 e. The Morgan fingerprint density at radius 1 is 1.41 bits per heavy atom. The van der Waals surface area contributed by atoms with E-state index in [0.29, 0.717) is 0 Å². The van der Waals surface area contributed by atoms with E-state index in [9.17, 15) is 9.59 Å². The standard InChI is InChI=1S/C13H15NO3/c1-8-5-3-4-6-9(8)12-10(13(16)17-2)7-11(15)14-12/h3-6,10,12H,7H2,1-2H3,(H,14,15). The molecule has 4 nitrogen and oxygen atoms in total. The lowest BCUT2D eigenvalue weighted by molar-refractivity contribution is -0.146. The highest BCUT2D eigenvalue weighted by Crippen LogP contribution is 2.32. The fourth-order valence-electron chi connectivity index (χ4n) is 2.25. The molecule has 0 aliphatic carbocycles. The van der Waals surface area contributed by atoms with Crippen LogP contribution in [0.5, 0.6) is 0 Å². The number of carbonyl (C=O) groups excluding carboxylic acids is 2. The van der Waals surface area contributed by atoms with Gasteiger partial charge in [0.25, 0.3) is 0 Å². The molecular formula is C13H15NO3. The lowest BCUT2D eigenvalue weighted by Crippen LogP contribution is -2.26. The summed E-state index contributed by atoms with van der Waals surface area (Å²) in [5, 5.41) is 2.84. The highest BCUT2D eigenvalue weighted by molar-refractivity contribution is 5.88. The summed E-state index contributed by atoms with van der Waals surface area (Å²) >= 11 is 0. The van der Waals surface area contributed by atoms with Crippen LogP contribution < -0.4 is 5.32 Å². The topological polar surface area (TPSA) is 55.4 Å². The van der Waals surface area contributed by atoms with Gasteiger partial charge in [0.15, 0.2) is 0 Å². The Kier molecular flexibility index (Phi) is 3.13. The van der Waals surface area contributed by atoms with Crippen LogP contribution in [0.2, 0.25) is 0 Å². The van der Waals surface area contributed by atoms with E-state index in [1.54, 1.807) is 0 Å². The largest absolute Gasteiger partial charge is 0.469 e. The molecule has 4 heteroatoms. The quantitative estimate of drug-likeness (QED) is 0.784. The van der Waals surface area contributed by atoms with Gasteiger partial charge in [-0.05, 0) is 18.1 Å². The third-order valence-electron chi connectivity index (χ3n) is 3.15. The minimum atomic E-state index is -0.423. The number of aryl methyl sites for hydroxylation is 1. The van der Waals surface area contributed by atoms with Gasteiger partial charge in [0, 0.05) is 6.42 Å². The molecule has 0 bridgehead atoms. The van der Waals surface area contributed by atoms with Crippen molar-refractivity contribution in [2.24, 2.45) is 5.92 Å². The van der Waals surface area contributed by atoms with Gasteiger partial charge < -0.3 is 10.1 Å². The molecule has 0 aromatic heterocycles. The van der Waals surface area contributed by atoms with Gasteiger partial charge in [0.05, 0.1) is 19.1 Å². The Hall–Kier alpha value is -1.84. The summed E-state index contributed by atoms with van der Waals surface area (Å²) < 4.78 is 4.74. The molecule has 1 N–H and O–H groups in total. The predicted molar refractivity (Wildman–Crippen MR) is 62.2 cm³/mol. The van der Waals surface area contributed by atoms with Crippen molar-refractivity contribution < 1.29 is 14.3 Å². The molecule has 1 aliphatic rings. The first kappa shape index (κ1) is 11.6. The van der Waals surface area contributed by atoms with Crippen molar-refractivity contribution in [2.75, 3.05) is 7.11 Å². The molecule has 0 radical (unpaired) electrons. The van der Waals surface area contributed by atoms with Crippen molar-refractivity contribution in [3.8, 4) is 0 Å². The normalized spacial score (nSPS) is 23.3. The number of hydrogen-bond donors (Lipinski definition) is 1. The summed E-state index contributed by atoms with van der Waals surface area (Å²) in [5.41, 5.74) is 2.04. The van der Waals surface area contributed by atoms with Crippen molar-refractivity contribution >= 4 is 11.9 Å². The molecule has 1 heterocycles. The Morgan fingerprint density at radius 3 is 2.76 bits per heavy atom. The van der Waals surface area contributed by atoms with E-state index in [1.165, 1.54) is 7.11 Å². The Balaban J connectivity index is 2.33. The monoisotopic (exact) mass is 233 g/mol. The molecule has 0 saturated carbocycles. The third kappa shape index (κ3) is 2.16. The number of esters is 1.